The zero-order chi connectivity index (χ0) is 23.6. The third kappa shape index (κ3) is 6.24. The molecule has 8 heteroatoms. The number of hydrogen-bond acceptors (Lipinski definition) is 5. The molecule has 7 nitrogen and oxygen atoms in total. The smallest absolute Gasteiger partial charge is 0.318 e. The normalized spacial score (nSPS) is 32.0. The molecule has 0 spiro atoms. The molecule has 1 aliphatic heterocycles. The van der Waals surface area contributed by atoms with Gasteiger partial charge in [0.15, 0.2) is 5.12 Å². The molecule has 1 saturated heterocycles. The summed E-state index contributed by atoms with van der Waals surface area (Å²) in [6.07, 6.45) is 9.30. The molecule has 0 aromatic rings. The van der Waals surface area contributed by atoms with Crippen LogP contribution in [-0.2, 0) is 9.59 Å². The molecule has 1 N–H and O–H groups in total. The lowest BCUT2D eigenvalue weighted by molar-refractivity contribution is -0.134. The fourth-order valence-electron chi connectivity index (χ4n) is 7.22. The lowest BCUT2D eigenvalue weighted by Crippen LogP contribution is -2.55. The van der Waals surface area contributed by atoms with E-state index in [0.717, 1.165) is 37.3 Å². The summed E-state index contributed by atoms with van der Waals surface area (Å²) in [5.74, 6) is 3.29. The van der Waals surface area contributed by atoms with Crippen LogP contribution in [0.3, 0.4) is 0 Å². The van der Waals surface area contributed by atoms with Crippen molar-refractivity contribution in [3.05, 3.63) is 0 Å². The summed E-state index contributed by atoms with van der Waals surface area (Å²) in [6, 6.07) is -0.706. The molecule has 4 saturated carbocycles. The van der Waals surface area contributed by atoms with Gasteiger partial charge in [0.2, 0.25) is 5.91 Å². The molecule has 33 heavy (non-hydrogen) atoms. The van der Waals surface area contributed by atoms with E-state index in [9.17, 15) is 14.4 Å². The maximum absolute atomic E-state index is 13.2. The van der Waals surface area contributed by atoms with Crippen LogP contribution >= 0.6 is 11.8 Å². The molecule has 0 aromatic carbocycles. The molecule has 4 bridgehead atoms. The van der Waals surface area contributed by atoms with E-state index >= 15 is 0 Å². The monoisotopic (exact) mass is 478 g/mol. The van der Waals surface area contributed by atoms with Gasteiger partial charge in [-0.25, -0.2) is 4.79 Å². The third-order valence-electron chi connectivity index (χ3n) is 8.56. The van der Waals surface area contributed by atoms with E-state index < -0.39 is 6.04 Å². The minimum Gasteiger partial charge on any atom is -0.338 e. The van der Waals surface area contributed by atoms with Crippen LogP contribution in [0.4, 0.5) is 4.79 Å². The number of amides is 3. The number of carbonyl (C=O) groups excluding carboxylic acids is 3. The number of hydrogen-bond donors (Lipinski definition) is 1. The van der Waals surface area contributed by atoms with Gasteiger partial charge in [-0.3, -0.25) is 9.59 Å². The van der Waals surface area contributed by atoms with Gasteiger partial charge in [0, 0.05) is 51.9 Å². The van der Waals surface area contributed by atoms with Gasteiger partial charge >= 0.3 is 6.03 Å². The first-order valence-electron chi connectivity index (χ1n) is 12.9. The second-order valence-electron chi connectivity index (χ2n) is 11.3. The van der Waals surface area contributed by atoms with E-state index in [4.69, 9.17) is 0 Å². The second-order valence-corrected chi connectivity index (χ2v) is 12.6. The highest BCUT2D eigenvalue weighted by molar-refractivity contribution is 8.13. The highest BCUT2D eigenvalue weighted by Gasteiger charge is 2.50. The van der Waals surface area contributed by atoms with Gasteiger partial charge in [-0.1, -0.05) is 11.8 Å². The second kappa shape index (κ2) is 10.5. The summed E-state index contributed by atoms with van der Waals surface area (Å²) in [4.78, 5) is 43.5. The van der Waals surface area contributed by atoms with Crippen LogP contribution in [0.25, 0.3) is 0 Å². The van der Waals surface area contributed by atoms with Crippen molar-refractivity contribution >= 4 is 28.8 Å². The van der Waals surface area contributed by atoms with Crippen molar-refractivity contribution in [2.45, 2.75) is 64.8 Å². The lowest BCUT2D eigenvalue weighted by atomic mass is 9.49. The molecule has 1 unspecified atom stereocenters. The van der Waals surface area contributed by atoms with Crippen LogP contribution in [0.1, 0.15) is 58.8 Å². The average Bonchev–Trinajstić information content (AvgIpc) is 2.74. The van der Waals surface area contributed by atoms with Crippen molar-refractivity contribution in [1.82, 2.24) is 20.0 Å². The van der Waals surface area contributed by atoms with E-state index in [-0.39, 0.29) is 17.1 Å². The van der Waals surface area contributed by atoms with E-state index in [1.165, 1.54) is 50.3 Å². The van der Waals surface area contributed by atoms with Crippen molar-refractivity contribution in [2.24, 2.45) is 23.2 Å². The number of likely N-dealkylation sites (N-methyl/N-ethyl adjacent to an activating group) is 1. The number of nitrogens with zero attached hydrogens (tertiary/aromatic N) is 3. The van der Waals surface area contributed by atoms with E-state index in [1.54, 1.807) is 13.8 Å². The molecular formula is C25H42N4O3S. The summed E-state index contributed by atoms with van der Waals surface area (Å²) in [7, 11) is 2.06. The minimum absolute atomic E-state index is 0.00408. The molecule has 5 fully saturated rings. The molecule has 0 radical (unpaired) electrons. The first kappa shape index (κ1) is 24.8. The highest BCUT2D eigenvalue weighted by Crippen LogP contribution is 2.61. The van der Waals surface area contributed by atoms with Gasteiger partial charge in [0.05, 0.1) is 0 Å². The zero-order valence-corrected chi connectivity index (χ0v) is 21.5. The Morgan fingerprint density at radius 1 is 1.00 bits per heavy atom. The number of rotatable bonds is 8. The third-order valence-corrected chi connectivity index (χ3v) is 9.35. The molecule has 5 rings (SSSR count). The highest BCUT2D eigenvalue weighted by atomic mass is 32.2. The van der Waals surface area contributed by atoms with Crippen LogP contribution in [0.15, 0.2) is 0 Å². The lowest BCUT2D eigenvalue weighted by Gasteiger charge is -2.57. The molecule has 3 amide bonds. The molecule has 5 aliphatic rings. The van der Waals surface area contributed by atoms with Gasteiger partial charge in [0.25, 0.3) is 0 Å². The Balaban J connectivity index is 1.33. The Kier molecular flexibility index (Phi) is 7.94. The van der Waals surface area contributed by atoms with Crippen molar-refractivity contribution < 1.29 is 14.4 Å². The predicted octanol–water partition coefficient (Wildman–Crippen LogP) is 3.05. The summed E-state index contributed by atoms with van der Waals surface area (Å²) in [5, 5.41) is 3.05. The first-order valence-corrected chi connectivity index (χ1v) is 13.9. The Morgan fingerprint density at radius 2 is 1.58 bits per heavy atom. The van der Waals surface area contributed by atoms with Gasteiger partial charge in [-0.05, 0) is 82.1 Å². The first-order chi connectivity index (χ1) is 15.7. The van der Waals surface area contributed by atoms with Crippen LogP contribution in [-0.4, -0.2) is 89.9 Å². The van der Waals surface area contributed by atoms with Gasteiger partial charge < -0.3 is 20.0 Å². The number of piperazine rings is 1. The van der Waals surface area contributed by atoms with Crippen LogP contribution in [0, 0.1) is 23.2 Å². The molecule has 1 heterocycles. The molecule has 4 aliphatic carbocycles. The molecule has 1 atom stereocenters. The summed E-state index contributed by atoms with van der Waals surface area (Å²) in [5.41, 5.74) is 0.405. The summed E-state index contributed by atoms with van der Waals surface area (Å²) < 4.78 is 0. The van der Waals surface area contributed by atoms with Crippen LogP contribution in [0.5, 0.6) is 0 Å². The molecule has 186 valence electrons. The van der Waals surface area contributed by atoms with E-state index in [2.05, 4.69) is 17.3 Å². The molecular weight excluding hydrogens is 436 g/mol. The maximum Gasteiger partial charge on any atom is 0.318 e. The van der Waals surface area contributed by atoms with Crippen LogP contribution < -0.4 is 5.32 Å². The van der Waals surface area contributed by atoms with Crippen LogP contribution in [0.2, 0.25) is 0 Å². The quantitative estimate of drug-likeness (QED) is 0.581. The summed E-state index contributed by atoms with van der Waals surface area (Å²) >= 11 is 1.27. The van der Waals surface area contributed by atoms with Crippen molar-refractivity contribution in [2.75, 3.05) is 52.1 Å². The maximum atomic E-state index is 13.2. The number of urea groups is 1. The summed E-state index contributed by atoms with van der Waals surface area (Å²) in [6.45, 7) is 7.77. The minimum atomic E-state index is -0.539. The fourth-order valence-corrected chi connectivity index (χ4v) is 7.82. The Labute approximate surface area is 203 Å². The fraction of sp³-hybridized carbons (Fsp3) is 0.880. The number of nitrogens with one attached hydrogen (secondary N) is 1. The standard InChI is InChI=1S/C25H42N4O3S/c1-18(23(31)28-8-6-27(3)7-9-28)26-24(32)29(10-11-33-19(2)30)5-4-25-15-20-12-21(16-25)14-22(13-20)17-25/h18,20-22H,4-17H2,1-3H3,(H,26,32). The van der Waals surface area contributed by atoms with Gasteiger partial charge in [-0.15, -0.1) is 0 Å². The SMILES string of the molecule is CC(=O)SCCN(CCC12CC3CC(CC(C3)C1)C2)C(=O)NC(C)C(=O)N1CCN(C)CC1. The Hall–Kier alpha value is -1.28. The predicted molar refractivity (Wildman–Crippen MR) is 132 cm³/mol. The van der Waals surface area contributed by atoms with Crippen molar-refractivity contribution in [3.63, 3.8) is 0 Å². The Bertz CT molecular complexity index is 702. The van der Waals surface area contributed by atoms with Crippen molar-refractivity contribution in [3.8, 4) is 0 Å². The molecule has 0 aromatic heterocycles. The van der Waals surface area contributed by atoms with E-state index in [0.29, 0.717) is 37.3 Å². The largest absolute Gasteiger partial charge is 0.338 e. The average molecular weight is 479 g/mol. The number of thioether (sulfide) groups is 1. The van der Waals surface area contributed by atoms with E-state index in [1.807, 2.05) is 9.80 Å². The number of carbonyl (C=O) groups is 3. The van der Waals surface area contributed by atoms with Crippen molar-refractivity contribution in [1.29, 1.82) is 0 Å². The topological polar surface area (TPSA) is 73.0 Å². The Morgan fingerprint density at radius 3 is 2.12 bits per heavy atom. The zero-order valence-electron chi connectivity index (χ0n) is 20.7. The van der Waals surface area contributed by atoms with Gasteiger partial charge in [0.1, 0.15) is 6.04 Å². The van der Waals surface area contributed by atoms with Gasteiger partial charge in [-0.2, -0.15) is 0 Å².